The molecule has 0 aliphatic rings. The quantitative estimate of drug-likeness (QED) is 0.878. The molecule has 1 atom stereocenters. The lowest BCUT2D eigenvalue weighted by molar-refractivity contribution is -0.122. The molecular formula is C11H8FNO3S. The summed E-state index contributed by atoms with van der Waals surface area (Å²) in [6.45, 7) is 0. The van der Waals surface area contributed by atoms with Crippen LogP contribution >= 0.6 is 11.3 Å². The van der Waals surface area contributed by atoms with Gasteiger partial charge >= 0.3 is 5.97 Å². The molecule has 6 heteroatoms. The number of hydrogen-bond donors (Lipinski definition) is 2. The Morgan fingerprint density at radius 2 is 2.06 bits per heavy atom. The van der Waals surface area contributed by atoms with Gasteiger partial charge < -0.3 is 10.8 Å². The molecule has 0 bridgehead atoms. The number of amides is 1. The lowest BCUT2D eigenvalue weighted by Gasteiger charge is -2.03. The van der Waals surface area contributed by atoms with E-state index in [1.807, 2.05) is 0 Å². The molecule has 4 nitrogen and oxygen atoms in total. The van der Waals surface area contributed by atoms with Crippen LogP contribution in [0.15, 0.2) is 24.3 Å². The summed E-state index contributed by atoms with van der Waals surface area (Å²) < 4.78 is 14.0. The molecule has 0 aliphatic carbocycles. The van der Waals surface area contributed by atoms with Crippen molar-refractivity contribution in [2.24, 2.45) is 5.73 Å². The molecule has 2 rings (SSSR count). The SMILES string of the molecule is NC(=O)C(F)c1ccc2cc(C(=O)O)sc2c1. The summed E-state index contributed by atoms with van der Waals surface area (Å²) in [6.07, 6.45) is -1.87. The van der Waals surface area contributed by atoms with E-state index in [4.69, 9.17) is 10.8 Å². The lowest BCUT2D eigenvalue weighted by atomic mass is 10.1. The van der Waals surface area contributed by atoms with Gasteiger partial charge in [0.2, 0.25) is 6.17 Å². The van der Waals surface area contributed by atoms with Gasteiger partial charge in [-0.05, 0) is 23.1 Å². The van der Waals surface area contributed by atoms with Crippen molar-refractivity contribution in [2.45, 2.75) is 6.17 Å². The molecule has 0 spiro atoms. The molecule has 1 heterocycles. The van der Waals surface area contributed by atoms with Crippen LogP contribution in [0.1, 0.15) is 21.4 Å². The Labute approximate surface area is 99.5 Å². The number of aromatic carboxylic acids is 1. The maximum Gasteiger partial charge on any atom is 0.345 e. The first-order chi connectivity index (χ1) is 7.99. The Morgan fingerprint density at radius 3 is 2.65 bits per heavy atom. The second-order valence-electron chi connectivity index (χ2n) is 3.48. The number of halogens is 1. The molecule has 0 saturated heterocycles. The van der Waals surface area contributed by atoms with Crippen molar-refractivity contribution < 1.29 is 19.1 Å². The van der Waals surface area contributed by atoms with Crippen LogP contribution in [0.25, 0.3) is 10.1 Å². The maximum atomic E-state index is 13.4. The third-order valence-corrected chi connectivity index (χ3v) is 3.38. The second kappa shape index (κ2) is 4.14. The number of carboxylic acids is 1. The van der Waals surface area contributed by atoms with Gasteiger partial charge in [0, 0.05) is 4.70 Å². The third-order valence-electron chi connectivity index (χ3n) is 2.30. The van der Waals surface area contributed by atoms with E-state index < -0.39 is 18.0 Å². The van der Waals surface area contributed by atoms with Crippen molar-refractivity contribution in [3.05, 3.63) is 34.7 Å². The van der Waals surface area contributed by atoms with E-state index in [0.29, 0.717) is 10.1 Å². The van der Waals surface area contributed by atoms with E-state index in [1.165, 1.54) is 18.2 Å². The number of carbonyl (C=O) groups excluding carboxylic acids is 1. The molecule has 0 aliphatic heterocycles. The number of alkyl halides is 1. The Bertz CT molecular complexity index is 608. The smallest absolute Gasteiger partial charge is 0.345 e. The minimum absolute atomic E-state index is 0.142. The van der Waals surface area contributed by atoms with E-state index in [0.717, 1.165) is 11.3 Å². The van der Waals surface area contributed by atoms with Crippen LogP contribution in [0.3, 0.4) is 0 Å². The average molecular weight is 253 g/mol. The number of hydrogen-bond acceptors (Lipinski definition) is 3. The molecule has 0 fully saturated rings. The number of carbonyl (C=O) groups is 2. The Kier molecular flexibility index (Phi) is 2.81. The van der Waals surface area contributed by atoms with Crippen molar-refractivity contribution >= 4 is 33.3 Å². The van der Waals surface area contributed by atoms with Crippen LogP contribution in [0.5, 0.6) is 0 Å². The second-order valence-corrected chi connectivity index (χ2v) is 4.56. The molecule has 1 unspecified atom stereocenters. The van der Waals surface area contributed by atoms with E-state index in [9.17, 15) is 14.0 Å². The lowest BCUT2D eigenvalue weighted by Crippen LogP contribution is -2.17. The number of carboxylic acid groups (broad SMARTS) is 1. The van der Waals surface area contributed by atoms with Gasteiger partial charge in [0.25, 0.3) is 5.91 Å². The molecule has 1 amide bonds. The topological polar surface area (TPSA) is 80.4 Å². The number of thiophene rings is 1. The van der Waals surface area contributed by atoms with Crippen LogP contribution in [0.2, 0.25) is 0 Å². The first kappa shape index (κ1) is 11.5. The number of fused-ring (bicyclic) bond motifs is 1. The molecule has 1 aromatic carbocycles. The summed E-state index contributed by atoms with van der Waals surface area (Å²) >= 11 is 1.03. The zero-order chi connectivity index (χ0) is 12.6. The predicted molar refractivity (Wildman–Crippen MR) is 61.8 cm³/mol. The van der Waals surface area contributed by atoms with Crippen LogP contribution < -0.4 is 5.73 Å². The average Bonchev–Trinajstić information content (AvgIpc) is 2.70. The number of benzene rings is 1. The number of rotatable bonds is 3. The Hall–Kier alpha value is -1.95. The summed E-state index contributed by atoms with van der Waals surface area (Å²) in [5.41, 5.74) is 5.00. The van der Waals surface area contributed by atoms with Gasteiger partial charge in [0.05, 0.1) is 0 Å². The molecular weight excluding hydrogens is 245 g/mol. The van der Waals surface area contributed by atoms with Crippen molar-refractivity contribution in [2.75, 3.05) is 0 Å². The molecule has 1 aromatic heterocycles. The van der Waals surface area contributed by atoms with Crippen LogP contribution in [-0.2, 0) is 4.79 Å². The summed E-state index contributed by atoms with van der Waals surface area (Å²) in [5, 5.41) is 9.52. The van der Waals surface area contributed by atoms with E-state index >= 15 is 0 Å². The molecule has 88 valence electrons. The van der Waals surface area contributed by atoms with Crippen molar-refractivity contribution in [3.63, 3.8) is 0 Å². The van der Waals surface area contributed by atoms with Crippen molar-refractivity contribution in [3.8, 4) is 0 Å². The molecule has 17 heavy (non-hydrogen) atoms. The zero-order valence-electron chi connectivity index (χ0n) is 8.51. The highest BCUT2D eigenvalue weighted by Crippen LogP contribution is 2.29. The zero-order valence-corrected chi connectivity index (χ0v) is 9.33. The van der Waals surface area contributed by atoms with Gasteiger partial charge in [-0.25, -0.2) is 9.18 Å². The highest BCUT2D eigenvalue weighted by Gasteiger charge is 2.17. The van der Waals surface area contributed by atoms with Gasteiger partial charge in [-0.3, -0.25) is 4.79 Å². The molecule has 0 radical (unpaired) electrons. The van der Waals surface area contributed by atoms with E-state index in [2.05, 4.69) is 0 Å². The summed E-state index contributed by atoms with van der Waals surface area (Å²) in [6, 6.07) is 5.95. The first-order valence-corrected chi connectivity index (χ1v) is 5.51. The Balaban J connectivity index is 2.50. The highest BCUT2D eigenvalue weighted by molar-refractivity contribution is 7.20. The number of primary amides is 1. The van der Waals surface area contributed by atoms with Gasteiger partial charge in [-0.1, -0.05) is 12.1 Å². The minimum Gasteiger partial charge on any atom is -0.477 e. The van der Waals surface area contributed by atoms with Crippen LogP contribution in [0.4, 0.5) is 4.39 Å². The van der Waals surface area contributed by atoms with Gasteiger partial charge in [-0.2, -0.15) is 0 Å². The largest absolute Gasteiger partial charge is 0.477 e. The van der Waals surface area contributed by atoms with Gasteiger partial charge in [-0.15, -0.1) is 11.3 Å². The first-order valence-electron chi connectivity index (χ1n) is 4.69. The van der Waals surface area contributed by atoms with Crippen molar-refractivity contribution in [1.82, 2.24) is 0 Å². The fourth-order valence-corrected chi connectivity index (χ4v) is 2.43. The molecule has 3 N–H and O–H groups in total. The van der Waals surface area contributed by atoms with Gasteiger partial charge in [0.15, 0.2) is 0 Å². The third kappa shape index (κ3) is 2.12. The van der Waals surface area contributed by atoms with Crippen LogP contribution in [0, 0.1) is 0 Å². The van der Waals surface area contributed by atoms with Crippen LogP contribution in [-0.4, -0.2) is 17.0 Å². The van der Waals surface area contributed by atoms with Crippen molar-refractivity contribution in [1.29, 1.82) is 0 Å². The fourth-order valence-electron chi connectivity index (χ4n) is 1.48. The van der Waals surface area contributed by atoms with E-state index in [-0.39, 0.29) is 10.4 Å². The maximum absolute atomic E-state index is 13.4. The normalized spacial score (nSPS) is 12.5. The molecule has 2 aromatic rings. The predicted octanol–water partition coefficient (Wildman–Crippen LogP) is 2.10. The van der Waals surface area contributed by atoms with Gasteiger partial charge in [0.1, 0.15) is 4.88 Å². The minimum atomic E-state index is -1.87. The summed E-state index contributed by atoms with van der Waals surface area (Å²) in [7, 11) is 0. The summed E-state index contributed by atoms with van der Waals surface area (Å²) in [4.78, 5) is 21.6. The van der Waals surface area contributed by atoms with E-state index in [1.54, 1.807) is 6.07 Å². The monoisotopic (exact) mass is 253 g/mol. The number of nitrogens with two attached hydrogens (primary N) is 1. The standard InChI is InChI=1S/C11H8FNO3S/c12-9(10(13)14)6-2-1-5-3-8(11(15)16)17-7(5)4-6/h1-4,9H,(H2,13,14)(H,15,16). The highest BCUT2D eigenvalue weighted by atomic mass is 32.1. The Morgan fingerprint density at radius 1 is 1.35 bits per heavy atom. The molecule has 0 saturated carbocycles. The summed E-state index contributed by atoms with van der Waals surface area (Å²) in [5.74, 6) is -2.08. The fraction of sp³-hybridized carbons (Fsp3) is 0.0909.